The van der Waals surface area contributed by atoms with Gasteiger partial charge in [-0.25, -0.2) is 0 Å². The van der Waals surface area contributed by atoms with Crippen LogP contribution in [0.5, 0.6) is 5.75 Å². The second-order valence-electron chi connectivity index (χ2n) is 6.49. The zero-order valence-corrected chi connectivity index (χ0v) is 15.1. The fourth-order valence-corrected chi connectivity index (χ4v) is 3.64. The number of anilines is 1. The summed E-state index contributed by atoms with van der Waals surface area (Å²) in [7, 11) is 0. The highest BCUT2D eigenvalue weighted by molar-refractivity contribution is 6.02. The van der Waals surface area contributed by atoms with E-state index in [0.717, 1.165) is 53.1 Å². The third kappa shape index (κ3) is 3.13. The fourth-order valence-electron chi connectivity index (χ4n) is 3.64. The van der Waals surface area contributed by atoms with Gasteiger partial charge in [-0.1, -0.05) is 66.7 Å². The monoisotopic (exact) mass is 355 g/mol. The first-order valence-corrected chi connectivity index (χ1v) is 9.09. The van der Waals surface area contributed by atoms with Crippen molar-refractivity contribution in [2.75, 3.05) is 24.6 Å². The van der Waals surface area contributed by atoms with Gasteiger partial charge in [0.2, 0.25) is 0 Å². The third-order valence-electron chi connectivity index (χ3n) is 4.86. The number of benzene rings is 3. The number of aldehydes is 1. The van der Waals surface area contributed by atoms with Gasteiger partial charge < -0.3 is 9.64 Å². The number of fused-ring (bicyclic) bond motifs is 1. The minimum absolute atomic E-state index is 0.587. The molecule has 4 rings (SSSR count). The van der Waals surface area contributed by atoms with Crippen molar-refractivity contribution in [3.05, 3.63) is 84.9 Å². The lowest BCUT2D eigenvalue weighted by Gasteiger charge is -2.33. The Kier molecular flexibility index (Phi) is 4.75. The van der Waals surface area contributed by atoms with Crippen LogP contribution in [0.25, 0.3) is 22.3 Å². The second kappa shape index (κ2) is 7.50. The minimum Gasteiger partial charge on any atom is -0.489 e. The molecule has 27 heavy (non-hydrogen) atoms. The molecule has 0 spiro atoms. The third-order valence-corrected chi connectivity index (χ3v) is 4.86. The Morgan fingerprint density at radius 1 is 1.00 bits per heavy atom. The summed E-state index contributed by atoms with van der Waals surface area (Å²) in [4.78, 5) is 14.5. The lowest BCUT2D eigenvalue weighted by atomic mass is 9.90. The summed E-state index contributed by atoms with van der Waals surface area (Å²) in [6, 6.07) is 22.1. The molecule has 1 heterocycles. The van der Waals surface area contributed by atoms with Gasteiger partial charge in [-0.05, 0) is 22.8 Å². The number of ether oxygens (including phenoxy) is 1. The van der Waals surface area contributed by atoms with Crippen LogP contribution < -0.4 is 9.64 Å². The molecule has 3 heteroatoms. The minimum atomic E-state index is 0.587. The molecular weight excluding hydrogens is 334 g/mol. The number of hydrogen-bond acceptors (Lipinski definition) is 3. The van der Waals surface area contributed by atoms with E-state index in [1.54, 1.807) is 0 Å². The average Bonchev–Trinajstić information content (AvgIpc) is 2.74. The molecule has 0 unspecified atom stereocenters. The van der Waals surface area contributed by atoms with Crippen molar-refractivity contribution in [3.8, 4) is 28.0 Å². The molecule has 0 saturated carbocycles. The maximum absolute atomic E-state index is 12.2. The highest BCUT2D eigenvalue weighted by atomic mass is 16.5. The summed E-state index contributed by atoms with van der Waals surface area (Å²) in [5.41, 5.74) is 5.44. The van der Waals surface area contributed by atoms with Crippen LogP contribution in [-0.2, 0) is 0 Å². The summed E-state index contributed by atoms with van der Waals surface area (Å²) in [6.07, 6.45) is 2.84. The molecule has 0 saturated heterocycles. The van der Waals surface area contributed by atoms with E-state index < -0.39 is 0 Å². The van der Waals surface area contributed by atoms with E-state index >= 15 is 0 Å². The summed E-state index contributed by atoms with van der Waals surface area (Å²) in [5, 5.41) is 0. The van der Waals surface area contributed by atoms with Crippen molar-refractivity contribution in [3.63, 3.8) is 0 Å². The van der Waals surface area contributed by atoms with Crippen LogP contribution in [-0.4, -0.2) is 26.0 Å². The number of rotatable bonds is 5. The van der Waals surface area contributed by atoms with Crippen molar-refractivity contribution in [2.24, 2.45) is 0 Å². The maximum Gasteiger partial charge on any atom is 0.151 e. The zero-order chi connectivity index (χ0) is 18.6. The molecule has 0 aromatic heterocycles. The van der Waals surface area contributed by atoms with Crippen LogP contribution in [0, 0.1) is 0 Å². The molecule has 1 aliphatic rings. The Morgan fingerprint density at radius 3 is 2.30 bits per heavy atom. The summed E-state index contributed by atoms with van der Waals surface area (Å²) in [6.45, 7) is 6.00. The molecule has 0 fully saturated rings. The van der Waals surface area contributed by atoms with Crippen LogP contribution in [0.4, 0.5) is 5.69 Å². The second-order valence-corrected chi connectivity index (χ2v) is 6.49. The number of carbonyl (C=O) groups is 1. The first-order chi connectivity index (χ1) is 13.3. The van der Waals surface area contributed by atoms with Crippen LogP contribution in [0.15, 0.2) is 79.4 Å². The SMILES string of the molecule is C=CCN1CCOc2c1cc(-c1ccccc1)c(C=O)c2-c1ccccc1. The topological polar surface area (TPSA) is 29.5 Å². The molecule has 3 aromatic rings. The van der Waals surface area contributed by atoms with Gasteiger partial charge in [-0.3, -0.25) is 4.79 Å². The van der Waals surface area contributed by atoms with Gasteiger partial charge in [0.1, 0.15) is 6.61 Å². The van der Waals surface area contributed by atoms with Crippen molar-refractivity contribution in [1.29, 1.82) is 0 Å². The maximum atomic E-state index is 12.2. The predicted octanol–water partition coefficient (Wildman–Crippen LogP) is 5.22. The highest BCUT2D eigenvalue weighted by Crippen LogP contribution is 2.46. The molecule has 0 atom stereocenters. The fraction of sp³-hybridized carbons (Fsp3) is 0.125. The van der Waals surface area contributed by atoms with E-state index in [4.69, 9.17) is 4.74 Å². The predicted molar refractivity (Wildman–Crippen MR) is 111 cm³/mol. The van der Waals surface area contributed by atoms with Crippen molar-refractivity contribution in [2.45, 2.75) is 0 Å². The molecular formula is C24H21NO2. The van der Waals surface area contributed by atoms with Crippen LogP contribution >= 0.6 is 0 Å². The molecule has 3 aromatic carbocycles. The number of nitrogens with zero attached hydrogens (tertiary/aromatic N) is 1. The molecule has 0 aliphatic carbocycles. The number of hydrogen-bond donors (Lipinski definition) is 0. The van der Waals surface area contributed by atoms with Gasteiger partial charge >= 0.3 is 0 Å². The molecule has 1 aliphatic heterocycles. The van der Waals surface area contributed by atoms with Gasteiger partial charge in [0.15, 0.2) is 12.0 Å². The Hall–Kier alpha value is -3.33. The molecule has 3 nitrogen and oxygen atoms in total. The number of carbonyl (C=O) groups excluding carboxylic acids is 1. The Morgan fingerprint density at radius 2 is 1.67 bits per heavy atom. The summed E-state index contributed by atoms with van der Waals surface area (Å²) in [5.74, 6) is 0.774. The van der Waals surface area contributed by atoms with Crippen LogP contribution in [0.2, 0.25) is 0 Å². The highest BCUT2D eigenvalue weighted by Gasteiger charge is 2.26. The Bertz CT molecular complexity index is 965. The van der Waals surface area contributed by atoms with Crippen LogP contribution in [0.1, 0.15) is 10.4 Å². The standard InChI is InChI=1S/C24H21NO2/c1-2-13-25-14-15-27-24-22(25)16-20(18-9-5-3-6-10-18)21(17-26)23(24)19-11-7-4-8-12-19/h2-12,16-17H,1,13-15H2. The molecule has 0 N–H and O–H groups in total. The Labute approximate surface area is 159 Å². The van der Waals surface area contributed by atoms with E-state index in [0.29, 0.717) is 12.2 Å². The van der Waals surface area contributed by atoms with Gasteiger partial charge in [0.05, 0.1) is 12.2 Å². The van der Waals surface area contributed by atoms with Gasteiger partial charge in [-0.15, -0.1) is 6.58 Å². The lowest BCUT2D eigenvalue weighted by molar-refractivity contribution is 0.112. The van der Waals surface area contributed by atoms with E-state index in [1.165, 1.54) is 0 Å². The smallest absolute Gasteiger partial charge is 0.151 e. The summed E-state index contributed by atoms with van der Waals surface area (Å²) >= 11 is 0. The van der Waals surface area contributed by atoms with Gasteiger partial charge in [-0.2, -0.15) is 0 Å². The first kappa shape index (κ1) is 17.1. The Balaban J connectivity index is 2.05. The van der Waals surface area contributed by atoms with E-state index in [-0.39, 0.29) is 0 Å². The molecule has 134 valence electrons. The van der Waals surface area contributed by atoms with Gasteiger partial charge in [0.25, 0.3) is 0 Å². The van der Waals surface area contributed by atoms with E-state index in [9.17, 15) is 4.79 Å². The van der Waals surface area contributed by atoms with E-state index in [1.807, 2.05) is 66.7 Å². The molecule has 0 bridgehead atoms. The van der Waals surface area contributed by atoms with Gasteiger partial charge in [0, 0.05) is 17.7 Å². The molecule has 0 radical (unpaired) electrons. The van der Waals surface area contributed by atoms with Crippen LogP contribution in [0.3, 0.4) is 0 Å². The molecule has 0 amide bonds. The van der Waals surface area contributed by atoms with Crippen molar-refractivity contribution in [1.82, 2.24) is 0 Å². The van der Waals surface area contributed by atoms with E-state index in [2.05, 4.69) is 17.5 Å². The average molecular weight is 355 g/mol. The first-order valence-electron chi connectivity index (χ1n) is 9.09. The summed E-state index contributed by atoms with van der Waals surface area (Å²) < 4.78 is 6.08. The normalized spacial score (nSPS) is 12.8. The van der Waals surface area contributed by atoms with Crippen molar-refractivity contribution >= 4 is 12.0 Å². The quantitative estimate of drug-likeness (QED) is 0.464. The lowest BCUT2D eigenvalue weighted by Crippen LogP contribution is -2.33. The zero-order valence-electron chi connectivity index (χ0n) is 15.1. The van der Waals surface area contributed by atoms with Crippen molar-refractivity contribution < 1.29 is 9.53 Å². The largest absolute Gasteiger partial charge is 0.489 e.